The Morgan fingerprint density at radius 2 is 1.77 bits per heavy atom. The minimum atomic E-state index is 0.616. The zero-order valence-electron chi connectivity index (χ0n) is 12.0. The molecular weight excluding hydrogens is 274 g/mol. The maximum Gasteiger partial charge on any atom is 0.0896 e. The van der Waals surface area contributed by atoms with E-state index in [1.54, 1.807) is 6.07 Å². The van der Waals surface area contributed by atoms with Crippen LogP contribution in [0.25, 0.3) is 10.8 Å². The van der Waals surface area contributed by atoms with Gasteiger partial charge in [-0.2, -0.15) is 0 Å². The van der Waals surface area contributed by atoms with Crippen molar-refractivity contribution in [2.45, 2.75) is 6.54 Å². The number of fused-ring (bicyclic) bond motifs is 1. The van der Waals surface area contributed by atoms with Crippen LogP contribution in [0.2, 0.25) is 0 Å². The number of nitrogen functional groups attached to an aromatic ring is 1. The summed E-state index contributed by atoms with van der Waals surface area (Å²) >= 11 is 0. The van der Waals surface area contributed by atoms with Crippen LogP contribution in [0.3, 0.4) is 0 Å². The van der Waals surface area contributed by atoms with Crippen LogP contribution >= 0.6 is 0 Å². The third-order valence-electron chi connectivity index (χ3n) is 3.56. The van der Waals surface area contributed by atoms with Gasteiger partial charge in [0.15, 0.2) is 0 Å². The summed E-state index contributed by atoms with van der Waals surface area (Å²) in [6.07, 6.45) is 0. The number of hydrogen-bond donors (Lipinski definition) is 3. The van der Waals surface area contributed by atoms with Gasteiger partial charge in [-0.3, -0.25) is 0 Å². The smallest absolute Gasteiger partial charge is 0.0896 e. The molecule has 0 spiro atoms. The van der Waals surface area contributed by atoms with Crippen molar-refractivity contribution in [3.63, 3.8) is 0 Å². The topological polar surface area (TPSA) is 88.8 Å². The fourth-order valence-electron chi connectivity index (χ4n) is 2.48. The number of hydrogen-bond acceptors (Lipinski definition) is 4. The molecule has 5 nitrogen and oxygen atoms in total. The molecular formula is C17H17N5. The first-order valence-electron chi connectivity index (χ1n) is 6.99. The van der Waals surface area contributed by atoms with Crippen LogP contribution in [0.5, 0.6) is 0 Å². The molecule has 3 aromatic rings. The van der Waals surface area contributed by atoms with Gasteiger partial charge in [0, 0.05) is 6.54 Å². The van der Waals surface area contributed by atoms with Crippen molar-refractivity contribution in [2.75, 3.05) is 11.1 Å². The highest BCUT2D eigenvalue weighted by atomic mass is 15.3. The molecule has 0 amide bonds. The summed E-state index contributed by atoms with van der Waals surface area (Å²) in [7, 11) is 0. The van der Waals surface area contributed by atoms with E-state index in [0.29, 0.717) is 17.9 Å². The summed E-state index contributed by atoms with van der Waals surface area (Å²) in [5.74, 6) is 5.04. The van der Waals surface area contributed by atoms with Crippen LogP contribution in [-0.2, 0) is 6.54 Å². The third-order valence-corrected chi connectivity index (χ3v) is 3.56. The zero-order chi connectivity index (χ0) is 15.4. The van der Waals surface area contributed by atoms with E-state index in [1.165, 1.54) is 16.3 Å². The molecule has 0 aliphatic heterocycles. The number of nitrogens with two attached hydrogens (primary N) is 2. The van der Waals surface area contributed by atoms with Crippen LogP contribution < -0.4 is 16.9 Å². The van der Waals surface area contributed by atoms with Crippen LogP contribution in [-0.4, -0.2) is 0 Å². The maximum absolute atomic E-state index is 6.02. The molecule has 0 saturated carbocycles. The molecule has 0 radical (unpaired) electrons. The Hall–Kier alpha value is -3.08. The summed E-state index contributed by atoms with van der Waals surface area (Å²) in [6.45, 7) is 0.698. The van der Waals surface area contributed by atoms with Crippen molar-refractivity contribution in [2.24, 2.45) is 16.2 Å². The van der Waals surface area contributed by atoms with E-state index in [-0.39, 0.29) is 0 Å². The van der Waals surface area contributed by atoms with E-state index in [1.807, 2.05) is 24.3 Å². The lowest BCUT2D eigenvalue weighted by molar-refractivity contribution is 1.06. The summed E-state index contributed by atoms with van der Waals surface area (Å²) in [4.78, 5) is 0. The highest BCUT2D eigenvalue weighted by molar-refractivity contribution is 5.86. The number of nitrogens with zero attached hydrogens (tertiary/aromatic N) is 2. The van der Waals surface area contributed by atoms with Crippen LogP contribution in [0.1, 0.15) is 5.56 Å². The first-order chi connectivity index (χ1) is 10.8. The fraction of sp³-hybridized carbons (Fsp3) is 0.0588. The van der Waals surface area contributed by atoms with Crippen molar-refractivity contribution in [1.29, 1.82) is 0 Å². The molecule has 3 aromatic carbocycles. The molecule has 5 N–H and O–H groups in total. The predicted molar refractivity (Wildman–Crippen MR) is 90.8 cm³/mol. The van der Waals surface area contributed by atoms with Gasteiger partial charge in [-0.05, 0) is 34.5 Å². The molecule has 0 fully saturated rings. The van der Waals surface area contributed by atoms with Gasteiger partial charge in [0.2, 0.25) is 0 Å². The molecule has 0 saturated heterocycles. The first-order valence-corrected chi connectivity index (χ1v) is 6.99. The predicted octanol–water partition coefficient (Wildman–Crippen LogP) is 3.99. The lowest BCUT2D eigenvalue weighted by Gasteiger charge is -2.11. The second kappa shape index (κ2) is 6.13. The number of nitrogens with one attached hydrogen (secondary N) is 1. The second-order valence-electron chi connectivity index (χ2n) is 4.98. The van der Waals surface area contributed by atoms with E-state index in [0.717, 1.165) is 5.69 Å². The minimum Gasteiger partial charge on any atom is -0.397 e. The third kappa shape index (κ3) is 2.83. The van der Waals surface area contributed by atoms with E-state index in [4.69, 9.17) is 11.6 Å². The minimum absolute atomic E-state index is 0.616. The van der Waals surface area contributed by atoms with Gasteiger partial charge in [0.25, 0.3) is 0 Å². The normalized spacial score (nSPS) is 11.1. The molecule has 110 valence electrons. The summed E-state index contributed by atoms with van der Waals surface area (Å²) in [5, 5.41) is 12.8. The summed E-state index contributed by atoms with van der Waals surface area (Å²) < 4.78 is 0. The van der Waals surface area contributed by atoms with Gasteiger partial charge >= 0.3 is 0 Å². The standard InChI is InChI=1S/C17H17N5/c18-16-10-14(21-22-19)8-9-17(16)20-11-13-6-3-5-12-4-1-2-7-15(12)13/h1-10,20H,11,18H2,(H2,19,21). The number of anilines is 2. The lowest BCUT2D eigenvalue weighted by Crippen LogP contribution is -2.02. The van der Waals surface area contributed by atoms with Gasteiger partial charge in [-0.25, -0.2) is 0 Å². The SMILES string of the molecule is NN=Nc1ccc(NCc2cccc3ccccc23)c(N)c1. The Morgan fingerprint density at radius 1 is 0.955 bits per heavy atom. The van der Waals surface area contributed by atoms with Crippen molar-refractivity contribution >= 4 is 27.8 Å². The van der Waals surface area contributed by atoms with Crippen LogP contribution in [0, 0.1) is 0 Å². The Bertz CT molecular complexity index is 821. The summed E-state index contributed by atoms with van der Waals surface area (Å²) in [6, 6.07) is 20.1. The Kier molecular flexibility index (Phi) is 3.87. The molecule has 0 aliphatic rings. The Morgan fingerprint density at radius 3 is 2.59 bits per heavy atom. The number of benzene rings is 3. The van der Waals surface area contributed by atoms with E-state index < -0.39 is 0 Å². The first kappa shape index (κ1) is 13.9. The molecule has 0 aliphatic carbocycles. The van der Waals surface area contributed by atoms with E-state index in [2.05, 4.69) is 46.0 Å². The molecule has 0 aromatic heterocycles. The van der Waals surface area contributed by atoms with Crippen molar-refractivity contribution in [1.82, 2.24) is 0 Å². The van der Waals surface area contributed by atoms with E-state index in [9.17, 15) is 0 Å². The molecule has 5 heteroatoms. The average molecular weight is 291 g/mol. The van der Waals surface area contributed by atoms with Crippen molar-refractivity contribution < 1.29 is 0 Å². The van der Waals surface area contributed by atoms with E-state index >= 15 is 0 Å². The van der Waals surface area contributed by atoms with Crippen molar-refractivity contribution in [3.8, 4) is 0 Å². The highest BCUT2D eigenvalue weighted by Crippen LogP contribution is 2.26. The quantitative estimate of drug-likeness (QED) is 0.294. The van der Waals surface area contributed by atoms with Gasteiger partial charge in [0.1, 0.15) is 0 Å². The molecule has 22 heavy (non-hydrogen) atoms. The largest absolute Gasteiger partial charge is 0.397 e. The monoisotopic (exact) mass is 291 g/mol. The fourth-order valence-corrected chi connectivity index (χ4v) is 2.48. The molecule has 0 bridgehead atoms. The van der Waals surface area contributed by atoms with Gasteiger partial charge < -0.3 is 16.9 Å². The second-order valence-corrected chi connectivity index (χ2v) is 4.98. The van der Waals surface area contributed by atoms with Crippen LogP contribution in [0.15, 0.2) is 71.0 Å². The van der Waals surface area contributed by atoms with Crippen LogP contribution in [0.4, 0.5) is 17.1 Å². The number of rotatable bonds is 4. The average Bonchev–Trinajstić information content (AvgIpc) is 2.54. The molecule has 0 unspecified atom stereocenters. The zero-order valence-corrected chi connectivity index (χ0v) is 12.0. The molecule has 0 heterocycles. The van der Waals surface area contributed by atoms with Gasteiger partial charge in [-0.15, -0.1) is 5.11 Å². The molecule has 3 rings (SSSR count). The van der Waals surface area contributed by atoms with Crippen molar-refractivity contribution in [3.05, 3.63) is 66.2 Å². The Labute approximate surface area is 128 Å². The maximum atomic E-state index is 6.02. The van der Waals surface area contributed by atoms with Gasteiger partial charge in [0.05, 0.1) is 17.1 Å². The summed E-state index contributed by atoms with van der Waals surface area (Å²) in [5.41, 5.74) is 9.36. The van der Waals surface area contributed by atoms with Gasteiger partial charge in [-0.1, -0.05) is 47.7 Å². The molecule has 0 atom stereocenters. The highest BCUT2D eigenvalue weighted by Gasteiger charge is 2.03. The Balaban J connectivity index is 1.82. The lowest BCUT2D eigenvalue weighted by atomic mass is 10.0.